The van der Waals surface area contributed by atoms with Crippen LogP contribution < -0.4 is 0 Å². The number of unbranched alkanes of at least 4 members (excludes halogenated alkanes) is 14. The summed E-state index contributed by atoms with van der Waals surface area (Å²) in [5.74, 6) is -0.691. The second kappa shape index (κ2) is 30.6. The van der Waals surface area contributed by atoms with Crippen molar-refractivity contribution < 1.29 is 53.3 Å². The highest BCUT2D eigenvalue weighted by Crippen LogP contribution is 2.37. The highest BCUT2D eigenvalue weighted by Gasteiger charge is 2.39. The monoisotopic (exact) mass is 775 g/mol. The standard InChI is InChI=1S/C41H75O11P/c1-4-5-18-24-34(42)28-29-37-36(38(43)30-39(37)44)25-20-16-17-22-27-41(46)52-35(32-51-53(47,48)49)31-50-40(45)26-21-15-13-11-9-7-6-8-10-12-14-19-23-33(2)3/h16,20,28-29,33-39,42-44H,4-15,17-19,21-27,30-32H2,1-3H3,(H2,47,48,49)/b20-16+,29-28+/t34-,35+,36+,37+,38-,39+/m0/s1. The molecule has 0 radical (unpaired) electrons. The van der Waals surface area contributed by atoms with Gasteiger partial charge in [-0.05, 0) is 43.9 Å². The average molecular weight is 775 g/mol. The van der Waals surface area contributed by atoms with Gasteiger partial charge in [0.2, 0.25) is 0 Å². The summed E-state index contributed by atoms with van der Waals surface area (Å²) in [4.78, 5) is 43.0. The van der Waals surface area contributed by atoms with Crippen molar-refractivity contribution in [1.82, 2.24) is 0 Å². The molecule has 1 aliphatic carbocycles. The normalized spacial score (nSPS) is 20.5. The molecule has 1 aliphatic rings. The summed E-state index contributed by atoms with van der Waals surface area (Å²) < 4.78 is 26.4. The zero-order valence-corrected chi connectivity index (χ0v) is 34.1. The predicted molar refractivity (Wildman–Crippen MR) is 209 cm³/mol. The van der Waals surface area contributed by atoms with Crippen LogP contribution in [0.4, 0.5) is 0 Å². The topological polar surface area (TPSA) is 180 Å². The Morgan fingerprint density at radius 2 is 1.34 bits per heavy atom. The van der Waals surface area contributed by atoms with Crippen molar-refractivity contribution in [3.8, 4) is 0 Å². The lowest BCUT2D eigenvalue weighted by Crippen LogP contribution is -2.29. The van der Waals surface area contributed by atoms with Gasteiger partial charge >= 0.3 is 19.8 Å². The minimum atomic E-state index is -4.82. The first-order chi connectivity index (χ1) is 25.3. The van der Waals surface area contributed by atoms with Gasteiger partial charge in [0, 0.05) is 25.2 Å². The Kier molecular flexibility index (Phi) is 28.5. The maximum absolute atomic E-state index is 12.5. The smallest absolute Gasteiger partial charge is 0.462 e. The fraction of sp³-hybridized carbons (Fsp3) is 0.854. The van der Waals surface area contributed by atoms with Gasteiger partial charge in [0.15, 0.2) is 6.10 Å². The van der Waals surface area contributed by atoms with Gasteiger partial charge in [-0.25, -0.2) is 4.57 Å². The number of hydrogen-bond donors (Lipinski definition) is 5. The van der Waals surface area contributed by atoms with Gasteiger partial charge in [-0.1, -0.05) is 141 Å². The Hall–Kier alpha value is -1.59. The molecule has 0 aromatic heterocycles. The molecule has 11 nitrogen and oxygen atoms in total. The second-order valence-electron chi connectivity index (χ2n) is 15.4. The molecule has 0 saturated heterocycles. The fourth-order valence-corrected chi connectivity index (χ4v) is 7.15. The zero-order valence-electron chi connectivity index (χ0n) is 33.2. The van der Waals surface area contributed by atoms with Crippen LogP contribution in [0.25, 0.3) is 0 Å². The van der Waals surface area contributed by atoms with E-state index in [4.69, 9.17) is 19.3 Å². The van der Waals surface area contributed by atoms with Crippen LogP contribution in [0.15, 0.2) is 24.3 Å². The molecule has 0 aromatic rings. The van der Waals surface area contributed by atoms with E-state index in [0.717, 1.165) is 44.4 Å². The number of hydrogen-bond acceptors (Lipinski definition) is 9. The van der Waals surface area contributed by atoms with E-state index in [1.807, 2.05) is 18.2 Å². The van der Waals surface area contributed by atoms with Crippen molar-refractivity contribution in [1.29, 1.82) is 0 Å². The number of phosphoric ester groups is 1. The van der Waals surface area contributed by atoms with E-state index in [1.165, 1.54) is 57.8 Å². The van der Waals surface area contributed by atoms with Crippen LogP contribution in [0.5, 0.6) is 0 Å². The van der Waals surface area contributed by atoms with Gasteiger partial charge in [-0.3, -0.25) is 14.1 Å². The summed E-state index contributed by atoms with van der Waals surface area (Å²) in [7, 11) is -4.82. The molecule has 0 spiro atoms. The molecule has 1 saturated carbocycles. The van der Waals surface area contributed by atoms with E-state index in [9.17, 15) is 29.5 Å². The highest BCUT2D eigenvalue weighted by atomic mass is 31.2. The highest BCUT2D eigenvalue weighted by molar-refractivity contribution is 7.46. The number of carbonyl (C=O) groups excluding carboxylic acids is 2. The molecular formula is C41H75O11P. The molecule has 0 heterocycles. The average Bonchev–Trinajstić information content (AvgIpc) is 3.36. The third-order valence-corrected chi connectivity index (χ3v) is 10.5. The van der Waals surface area contributed by atoms with E-state index >= 15 is 0 Å². The molecule has 0 amide bonds. The number of carbonyl (C=O) groups is 2. The summed E-state index contributed by atoms with van der Waals surface area (Å²) in [5, 5.41) is 31.2. The Bertz CT molecular complexity index is 1040. The number of rotatable bonds is 33. The number of allylic oxidation sites excluding steroid dienone is 2. The summed E-state index contributed by atoms with van der Waals surface area (Å²) in [6.45, 7) is 5.70. The number of esters is 2. The third-order valence-electron chi connectivity index (χ3n) is 9.97. The van der Waals surface area contributed by atoms with Crippen molar-refractivity contribution in [3.05, 3.63) is 24.3 Å². The number of aliphatic hydroxyl groups is 3. The van der Waals surface area contributed by atoms with Gasteiger partial charge in [-0.2, -0.15) is 0 Å². The van der Waals surface area contributed by atoms with Crippen LogP contribution in [-0.4, -0.2) is 74.7 Å². The number of aliphatic hydroxyl groups excluding tert-OH is 3. The SMILES string of the molecule is CCCCC[C@H](O)/C=C/[C@@H]1[C@@H](C/C=C/CCCC(=O)O[C@H](COC(=O)CCCCCCCCCCCCCCC(C)C)COP(=O)(O)O)[C@@H](O)C[C@H]1O. The van der Waals surface area contributed by atoms with Crippen molar-refractivity contribution in [2.45, 2.75) is 193 Å². The molecule has 12 heteroatoms. The largest absolute Gasteiger partial charge is 0.469 e. The quantitative estimate of drug-likeness (QED) is 0.0186. The van der Waals surface area contributed by atoms with Crippen LogP contribution in [0.3, 0.4) is 0 Å². The molecule has 0 aliphatic heterocycles. The minimum absolute atomic E-state index is 0.0369. The molecule has 0 aromatic carbocycles. The molecule has 6 atom stereocenters. The van der Waals surface area contributed by atoms with Crippen molar-refractivity contribution in [3.63, 3.8) is 0 Å². The Balaban J connectivity index is 2.30. The summed E-state index contributed by atoms with van der Waals surface area (Å²) in [6.07, 6.45) is 25.7. The molecule has 5 N–H and O–H groups in total. The maximum Gasteiger partial charge on any atom is 0.469 e. The molecule has 53 heavy (non-hydrogen) atoms. The minimum Gasteiger partial charge on any atom is -0.462 e. The summed E-state index contributed by atoms with van der Waals surface area (Å²) >= 11 is 0. The van der Waals surface area contributed by atoms with Crippen LogP contribution in [0.1, 0.15) is 168 Å². The maximum atomic E-state index is 12.5. The first-order valence-corrected chi connectivity index (χ1v) is 22.3. The van der Waals surface area contributed by atoms with Crippen molar-refractivity contribution in [2.24, 2.45) is 17.8 Å². The first-order valence-electron chi connectivity index (χ1n) is 20.7. The van der Waals surface area contributed by atoms with E-state index in [2.05, 4.69) is 25.3 Å². The van der Waals surface area contributed by atoms with E-state index in [-0.39, 0.29) is 37.7 Å². The van der Waals surface area contributed by atoms with Crippen LogP contribution in [0, 0.1) is 17.8 Å². The van der Waals surface area contributed by atoms with Gasteiger partial charge in [0.25, 0.3) is 0 Å². The Labute approximate surface area is 320 Å². The lowest BCUT2D eigenvalue weighted by atomic mass is 9.89. The van der Waals surface area contributed by atoms with Crippen molar-refractivity contribution >= 4 is 19.8 Å². The summed E-state index contributed by atoms with van der Waals surface area (Å²) in [6, 6.07) is 0. The van der Waals surface area contributed by atoms with Crippen LogP contribution in [0.2, 0.25) is 0 Å². The molecule has 0 bridgehead atoms. The molecule has 0 unspecified atom stereocenters. The van der Waals surface area contributed by atoms with Crippen LogP contribution in [-0.2, 0) is 28.2 Å². The second-order valence-corrected chi connectivity index (χ2v) is 16.7. The molecular weight excluding hydrogens is 699 g/mol. The lowest BCUT2D eigenvalue weighted by molar-refractivity contribution is -0.161. The van der Waals surface area contributed by atoms with Gasteiger partial charge in [0.05, 0.1) is 24.9 Å². The molecule has 310 valence electrons. The van der Waals surface area contributed by atoms with E-state index in [1.54, 1.807) is 6.08 Å². The first kappa shape index (κ1) is 49.4. The van der Waals surface area contributed by atoms with Crippen molar-refractivity contribution in [2.75, 3.05) is 13.2 Å². The lowest BCUT2D eigenvalue weighted by Gasteiger charge is -2.19. The fourth-order valence-electron chi connectivity index (χ4n) is 6.79. The Morgan fingerprint density at radius 1 is 0.755 bits per heavy atom. The predicted octanol–water partition coefficient (Wildman–Crippen LogP) is 8.64. The van der Waals surface area contributed by atoms with Gasteiger partial charge in [-0.15, -0.1) is 0 Å². The van der Waals surface area contributed by atoms with Crippen LogP contribution >= 0.6 is 7.82 Å². The molecule has 1 fully saturated rings. The number of ether oxygens (including phenoxy) is 2. The molecule has 1 rings (SSSR count). The van der Waals surface area contributed by atoms with E-state index in [0.29, 0.717) is 32.1 Å². The zero-order chi connectivity index (χ0) is 39.3. The van der Waals surface area contributed by atoms with Gasteiger partial charge < -0.3 is 34.6 Å². The summed E-state index contributed by atoms with van der Waals surface area (Å²) in [5.41, 5.74) is 0. The third kappa shape index (κ3) is 27.6. The van der Waals surface area contributed by atoms with E-state index < -0.39 is 50.8 Å². The van der Waals surface area contributed by atoms with Gasteiger partial charge in [0.1, 0.15) is 6.61 Å². The Morgan fingerprint density at radius 3 is 1.94 bits per heavy atom. The number of phosphoric acid groups is 1.